The molecular weight excluding hydrogens is 222 g/mol. The first kappa shape index (κ1) is 11.0. The number of oxazole rings is 1. The fraction of sp³-hybridized carbons (Fsp3) is 0.188. The third-order valence-electron chi connectivity index (χ3n) is 3.19. The Bertz CT molecular complexity index is 609. The van der Waals surface area contributed by atoms with Gasteiger partial charge in [0, 0.05) is 6.42 Å². The minimum Gasteiger partial charge on any atom is -0.441 e. The highest BCUT2D eigenvalue weighted by molar-refractivity contribution is 5.72. The fourth-order valence-electron chi connectivity index (χ4n) is 2.17. The van der Waals surface area contributed by atoms with E-state index in [1.807, 2.05) is 30.3 Å². The van der Waals surface area contributed by atoms with Crippen molar-refractivity contribution in [3.05, 3.63) is 66.1 Å². The van der Waals surface area contributed by atoms with E-state index in [0.29, 0.717) is 5.92 Å². The molecule has 3 rings (SSSR count). The van der Waals surface area contributed by atoms with E-state index in [2.05, 4.69) is 36.2 Å². The Labute approximate surface area is 106 Å². The molecule has 0 aliphatic rings. The van der Waals surface area contributed by atoms with Crippen molar-refractivity contribution in [3.8, 4) is 0 Å². The summed E-state index contributed by atoms with van der Waals surface area (Å²) in [6.07, 6.45) is 0.832. The van der Waals surface area contributed by atoms with Crippen LogP contribution in [0.25, 0.3) is 11.1 Å². The molecular formula is C16H15NO. The van der Waals surface area contributed by atoms with Crippen LogP contribution in [0, 0.1) is 0 Å². The normalized spacial score (nSPS) is 12.7. The molecule has 0 aliphatic carbocycles. The van der Waals surface area contributed by atoms with Crippen LogP contribution in [-0.4, -0.2) is 4.98 Å². The van der Waals surface area contributed by atoms with Gasteiger partial charge in [0.15, 0.2) is 11.5 Å². The van der Waals surface area contributed by atoms with Gasteiger partial charge in [-0.1, -0.05) is 49.4 Å². The van der Waals surface area contributed by atoms with Crippen molar-refractivity contribution in [1.29, 1.82) is 0 Å². The maximum Gasteiger partial charge on any atom is 0.196 e. The lowest BCUT2D eigenvalue weighted by atomic mass is 9.98. The Hall–Kier alpha value is -2.09. The van der Waals surface area contributed by atoms with Gasteiger partial charge in [0.25, 0.3) is 0 Å². The molecule has 2 nitrogen and oxygen atoms in total. The van der Waals surface area contributed by atoms with Crippen LogP contribution in [0.2, 0.25) is 0 Å². The summed E-state index contributed by atoms with van der Waals surface area (Å²) in [6.45, 7) is 2.20. The minimum absolute atomic E-state index is 0.416. The number of benzene rings is 2. The molecule has 0 amide bonds. The van der Waals surface area contributed by atoms with Crippen molar-refractivity contribution in [3.63, 3.8) is 0 Å². The molecule has 0 fully saturated rings. The maximum atomic E-state index is 5.75. The summed E-state index contributed by atoms with van der Waals surface area (Å²) in [5, 5.41) is 0. The standard InChI is InChI=1S/C16H15NO/c1-12(13-7-3-2-4-8-13)11-16-17-14-9-5-6-10-15(14)18-16/h2-10,12H,11H2,1H3. The van der Waals surface area contributed by atoms with E-state index in [1.54, 1.807) is 0 Å². The van der Waals surface area contributed by atoms with Crippen LogP contribution >= 0.6 is 0 Å². The topological polar surface area (TPSA) is 26.0 Å². The second-order valence-corrected chi connectivity index (χ2v) is 4.59. The zero-order valence-electron chi connectivity index (χ0n) is 10.3. The van der Waals surface area contributed by atoms with Gasteiger partial charge >= 0.3 is 0 Å². The smallest absolute Gasteiger partial charge is 0.196 e. The molecule has 0 radical (unpaired) electrons. The van der Waals surface area contributed by atoms with Gasteiger partial charge in [-0.3, -0.25) is 0 Å². The summed E-state index contributed by atoms with van der Waals surface area (Å²) in [4.78, 5) is 4.51. The fourth-order valence-corrected chi connectivity index (χ4v) is 2.17. The van der Waals surface area contributed by atoms with E-state index in [1.165, 1.54) is 5.56 Å². The Kier molecular flexibility index (Phi) is 2.85. The van der Waals surface area contributed by atoms with Crippen LogP contribution in [0.5, 0.6) is 0 Å². The number of aromatic nitrogens is 1. The second kappa shape index (κ2) is 4.65. The second-order valence-electron chi connectivity index (χ2n) is 4.59. The van der Waals surface area contributed by atoms with Crippen LogP contribution in [0.1, 0.15) is 24.3 Å². The maximum absolute atomic E-state index is 5.75. The third kappa shape index (κ3) is 2.14. The minimum atomic E-state index is 0.416. The lowest BCUT2D eigenvalue weighted by Gasteiger charge is -2.08. The average Bonchev–Trinajstić information content (AvgIpc) is 2.82. The van der Waals surface area contributed by atoms with Crippen LogP contribution in [-0.2, 0) is 6.42 Å². The van der Waals surface area contributed by atoms with E-state index in [4.69, 9.17) is 4.42 Å². The highest BCUT2D eigenvalue weighted by Gasteiger charge is 2.11. The summed E-state index contributed by atoms with van der Waals surface area (Å²) < 4.78 is 5.75. The molecule has 1 heterocycles. The summed E-state index contributed by atoms with van der Waals surface area (Å²) in [7, 11) is 0. The molecule has 1 aromatic heterocycles. The molecule has 0 aliphatic heterocycles. The Morgan fingerprint density at radius 2 is 1.72 bits per heavy atom. The Balaban J connectivity index is 1.84. The van der Waals surface area contributed by atoms with Crippen LogP contribution in [0.15, 0.2) is 59.0 Å². The molecule has 0 spiro atoms. The summed E-state index contributed by atoms with van der Waals surface area (Å²) in [6, 6.07) is 18.4. The van der Waals surface area contributed by atoms with Crippen molar-refractivity contribution in [2.45, 2.75) is 19.3 Å². The lowest BCUT2D eigenvalue weighted by Crippen LogP contribution is -1.98. The van der Waals surface area contributed by atoms with Gasteiger partial charge < -0.3 is 4.42 Å². The average molecular weight is 237 g/mol. The lowest BCUT2D eigenvalue weighted by molar-refractivity contribution is 0.508. The SMILES string of the molecule is CC(Cc1nc2ccccc2o1)c1ccccc1. The molecule has 2 aromatic carbocycles. The van der Waals surface area contributed by atoms with E-state index in [-0.39, 0.29) is 0 Å². The number of nitrogens with zero attached hydrogens (tertiary/aromatic N) is 1. The molecule has 0 N–H and O–H groups in total. The predicted octanol–water partition coefficient (Wildman–Crippen LogP) is 4.17. The van der Waals surface area contributed by atoms with E-state index in [9.17, 15) is 0 Å². The van der Waals surface area contributed by atoms with Crippen LogP contribution < -0.4 is 0 Å². The third-order valence-corrected chi connectivity index (χ3v) is 3.19. The molecule has 2 heteroatoms. The Morgan fingerprint density at radius 1 is 1.00 bits per heavy atom. The Morgan fingerprint density at radius 3 is 2.50 bits per heavy atom. The summed E-state index contributed by atoms with van der Waals surface area (Å²) in [5.74, 6) is 1.23. The molecule has 0 bridgehead atoms. The zero-order valence-corrected chi connectivity index (χ0v) is 10.3. The van der Waals surface area contributed by atoms with Crippen molar-refractivity contribution in [2.24, 2.45) is 0 Å². The van der Waals surface area contributed by atoms with Gasteiger partial charge in [0.2, 0.25) is 0 Å². The molecule has 1 atom stereocenters. The van der Waals surface area contributed by atoms with Gasteiger partial charge in [0.05, 0.1) is 0 Å². The largest absolute Gasteiger partial charge is 0.441 e. The number of hydrogen-bond donors (Lipinski definition) is 0. The first-order valence-corrected chi connectivity index (χ1v) is 6.22. The van der Waals surface area contributed by atoms with Crippen molar-refractivity contribution < 1.29 is 4.42 Å². The van der Waals surface area contributed by atoms with Crippen LogP contribution in [0.4, 0.5) is 0 Å². The van der Waals surface area contributed by atoms with E-state index in [0.717, 1.165) is 23.4 Å². The van der Waals surface area contributed by atoms with Gasteiger partial charge in [-0.25, -0.2) is 4.98 Å². The predicted molar refractivity (Wildman–Crippen MR) is 72.6 cm³/mol. The van der Waals surface area contributed by atoms with Crippen molar-refractivity contribution >= 4 is 11.1 Å². The first-order chi connectivity index (χ1) is 8.83. The van der Waals surface area contributed by atoms with Crippen molar-refractivity contribution in [1.82, 2.24) is 4.98 Å². The number of fused-ring (bicyclic) bond motifs is 1. The highest BCUT2D eigenvalue weighted by atomic mass is 16.3. The summed E-state index contributed by atoms with van der Waals surface area (Å²) >= 11 is 0. The number of rotatable bonds is 3. The molecule has 3 aromatic rings. The molecule has 90 valence electrons. The number of para-hydroxylation sites is 2. The summed E-state index contributed by atoms with van der Waals surface area (Å²) in [5.41, 5.74) is 3.13. The van der Waals surface area contributed by atoms with E-state index < -0.39 is 0 Å². The van der Waals surface area contributed by atoms with Crippen LogP contribution in [0.3, 0.4) is 0 Å². The highest BCUT2D eigenvalue weighted by Crippen LogP contribution is 2.22. The monoisotopic (exact) mass is 237 g/mol. The van der Waals surface area contributed by atoms with E-state index >= 15 is 0 Å². The van der Waals surface area contributed by atoms with Gasteiger partial charge in [-0.2, -0.15) is 0 Å². The number of hydrogen-bond acceptors (Lipinski definition) is 2. The van der Waals surface area contributed by atoms with Gasteiger partial charge in [0.1, 0.15) is 5.52 Å². The van der Waals surface area contributed by atoms with Crippen molar-refractivity contribution in [2.75, 3.05) is 0 Å². The molecule has 0 saturated heterocycles. The van der Waals surface area contributed by atoms with Gasteiger partial charge in [-0.15, -0.1) is 0 Å². The molecule has 18 heavy (non-hydrogen) atoms. The van der Waals surface area contributed by atoms with Gasteiger partial charge in [-0.05, 0) is 23.6 Å². The molecule has 0 saturated carbocycles. The first-order valence-electron chi connectivity index (χ1n) is 6.22. The molecule has 1 unspecified atom stereocenters. The quantitative estimate of drug-likeness (QED) is 0.683. The zero-order chi connectivity index (χ0) is 12.4.